The lowest BCUT2D eigenvalue weighted by Crippen LogP contribution is -2.57. The molecule has 3 amide bonds. The van der Waals surface area contributed by atoms with Gasteiger partial charge in [0.15, 0.2) is 5.79 Å². The fourth-order valence-corrected chi connectivity index (χ4v) is 4.36. The number of nitrogens with one attached hydrogen (secondary N) is 1. The van der Waals surface area contributed by atoms with Gasteiger partial charge in [-0.1, -0.05) is 0 Å². The topological polar surface area (TPSA) is 92.7 Å². The largest absolute Gasteiger partial charge is 0.494 e. The molecular formula is C23H32N4O5. The summed E-state index contributed by atoms with van der Waals surface area (Å²) in [4.78, 5) is 24.7. The second kappa shape index (κ2) is 9.87. The molecule has 1 spiro atoms. The van der Waals surface area contributed by atoms with Crippen LogP contribution in [0, 0.1) is 5.92 Å². The predicted octanol–water partition coefficient (Wildman–Crippen LogP) is 2.55. The van der Waals surface area contributed by atoms with Gasteiger partial charge in [-0.2, -0.15) is 5.10 Å². The summed E-state index contributed by atoms with van der Waals surface area (Å²) in [5.41, 5.74) is 0.906. The predicted molar refractivity (Wildman–Crippen MR) is 118 cm³/mol. The zero-order valence-corrected chi connectivity index (χ0v) is 18.8. The summed E-state index contributed by atoms with van der Waals surface area (Å²) in [6, 6.07) is 7.31. The number of hydrogen-bond donors (Lipinski definition) is 1. The number of ether oxygens (including phenoxy) is 3. The maximum absolute atomic E-state index is 11.8. The molecule has 2 saturated heterocycles. The summed E-state index contributed by atoms with van der Waals surface area (Å²) in [7, 11) is 3.20. The van der Waals surface area contributed by atoms with Crippen LogP contribution in [0.15, 0.2) is 29.4 Å². The van der Waals surface area contributed by atoms with E-state index in [0.717, 1.165) is 61.5 Å². The molecule has 2 aliphatic heterocycles. The normalized spacial score (nSPS) is 23.7. The number of benzene rings is 1. The molecule has 0 radical (unpaired) electrons. The Hall–Kier alpha value is -2.65. The first-order valence-corrected chi connectivity index (χ1v) is 11.3. The molecular weight excluding hydrogens is 412 g/mol. The second-order valence-corrected chi connectivity index (χ2v) is 8.70. The van der Waals surface area contributed by atoms with E-state index in [1.165, 1.54) is 7.05 Å². The minimum absolute atomic E-state index is 0.185. The molecule has 4 rings (SSSR count). The first-order chi connectivity index (χ1) is 15.4. The average Bonchev–Trinajstić information content (AvgIpc) is 3.26. The number of rotatable bonds is 7. The zero-order chi connectivity index (χ0) is 22.6. The third kappa shape index (κ3) is 5.39. The summed E-state index contributed by atoms with van der Waals surface area (Å²) in [5.74, 6) is 0.966. The van der Waals surface area contributed by atoms with Gasteiger partial charge in [0, 0.05) is 26.9 Å². The molecule has 1 aliphatic carbocycles. The Morgan fingerprint density at radius 1 is 1.22 bits per heavy atom. The van der Waals surface area contributed by atoms with E-state index in [1.54, 1.807) is 18.3 Å². The van der Waals surface area contributed by atoms with Crippen molar-refractivity contribution < 1.29 is 23.8 Å². The van der Waals surface area contributed by atoms with Gasteiger partial charge in [-0.3, -0.25) is 14.7 Å². The summed E-state index contributed by atoms with van der Waals surface area (Å²) < 4.78 is 17.5. The van der Waals surface area contributed by atoms with Crippen molar-refractivity contribution >= 4 is 18.2 Å². The van der Waals surface area contributed by atoms with Crippen LogP contribution in [0.25, 0.3) is 0 Å². The standard InChI is InChI=1S/C23H32N4O5/c1-26-21(28)15-20(25-22(26)29)27(2)24-16-18-3-5-19(6-4-18)30-12-9-17-7-10-23(11-8-17)31-13-14-32-23/h3-6,16-17,20H,7-15H2,1-2H3,(H,25,29)/b24-16+. The molecule has 174 valence electrons. The third-order valence-corrected chi connectivity index (χ3v) is 6.53. The molecule has 0 bridgehead atoms. The van der Waals surface area contributed by atoms with Crippen LogP contribution in [0.5, 0.6) is 5.75 Å². The molecule has 3 fully saturated rings. The highest BCUT2D eigenvalue weighted by Gasteiger charge is 2.40. The third-order valence-electron chi connectivity index (χ3n) is 6.53. The Kier molecular flexibility index (Phi) is 6.95. The maximum atomic E-state index is 11.8. The van der Waals surface area contributed by atoms with Crippen molar-refractivity contribution in [2.75, 3.05) is 33.9 Å². The van der Waals surface area contributed by atoms with Gasteiger partial charge in [0.1, 0.15) is 11.9 Å². The number of carbonyl (C=O) groups is 2. The Balaban J connectivity index is 1.19. The molecule has 1 aromatic carbocycles. The lowest BCUT2D eigenvalue weighted by molar-refractivity contribution is -0.182. The first kappa shape index (κ1) is 22.5. The molecule has 1 N–H and O–H groups in total. The fraction of sp³-hybridized carbons (Fsp3) is 0.609. The van der Waals surface area contributed by atoms with Crippen molar-refractivity contribution in [2.24, 2.45) is 11.0 Å². The molecule has 9 nitrogen and oxygen atoms in total. The molecule has 1 saturated carbocycles. The summed E-state index contributed by atoms with van der Waals surface area (Å²) >= 11 is 0. The second-order valence-electron chi connectivity index (χ2n) is 8.70. The number of hydrazone groups is 1. The molecule has 1 atom stereocenters. The van der Waals surface area contributed by atoms with Crippen molar-refractivity contribution in [3.05, 3.63) is 29.8 Å². The van der Waals surface area contributed by atoms with Crippen LogP contribution >= 0.6 is 0 Å². The van der Waals surface area contributed by atoms with E-state index < -0.39 is 12.2 Å². The van der Waals surface area contributed by atoms with E-state index >= 15 is 0 Å². The van der Waals surface area contributed by atoms with Gasteiger partial charge in [0.25, 0.3) is 0 Å². The van der Waals surface area contributed by atoms with Gasteiger partial charge in [0.05, 0.1) is 32.5 Å². The van der Waals surface area contributed by atoms with E-state index in [-0.39, 0.29) is 18.1 Å². The monoisotopic (exact) mass is 444 g/mol. The highest BCUT2D eigenvalue weighted by atomic mass is 16.7. The van der Waals surface area contributed by atoms with Gasteiger partial charge >= 0.3 is 6.03 Å². The Bertz CT molecular complexity index is 809. The van der Waals surface area contributed by atoms with Crippen LogP contribution in [0.4, 0.5) is 4.79 Å². The molecule has 3 aliphatic rings. The van der Waals surface area contributed by atoms with E-state index in [2.05, 4.69) is 10.4 Å². The quantitative estimate of drug-likeness (QED) is 0.513. The average molecular weight is 445 g/mol. The summed E-state index contributed by atoms with van der Waals surface area (Å²) in [5, 5.41) is 8.69. The summed E-state index contributed by atoms with van der Waals surface area (Å²) in [6.07, 6.45) is 6.67. The van der Waals surface area contributed by atoms with E-state index in [9.17, 15) is 9.59 Å². The molecule has 32 heavy (non-hydrogen) atoms. The highest BCUT2D eigenvalue weighted by Crippen LogP contribution is 2.39. The van der Waals surface area contributed by atoms with E-state index in [1.807, 2.05) is 24.3 Å². The summed E-state index contributed by atoms with van der Waals surface area (Å²) in [6.45, 7) is 2.14. The van der Waals surface area contributed by atoms with E-state index in [4.69, 9.17) is 14.2 Å². The van der Waals surface area contributed by atoms with Crippen LogP contribution in [0.1, 0.15) is 44.1 Å². The van der Waals surface area contributed by atoms with Crippen molar-refractivity contribution in [1.29, 1.82) is 0 Å². The SMILES string of the molecule is CN1C(=O)CC(N(C)/N=C/c2ccc(OCCC3CCC4(CC3)OCCO4)cc2)NC1=O. The van der Waals surface area contributed by atoms with Crippen molar-refractivity contribution in [2.45, 2.75) is 50.5 Å². The van der Waals surface area contributed by atoms with Crippen LogP contribution in [0.3, 0.4) is 0 Å². The minimum atomic E-state index is -0.452. The molecule has 2 heterocycles. The molecule has 9 heteroatoms. The van der Waals surface area contributed by atoms with Crippen molar-refractivity contribution in [1.82, 2.24) is 15.2 Å². The van der Waals surface area contributed by atoms with Gasteiger partial charge in [-0.25, -0.2) is 4.79 Å². The van der Waals surface area contributed by atoms with Gasteiger partial charge < -0.3 is 19.5 Å². The van der Waals surface area contributed by atoms with E-state index in [0.29, 0.717) is 12.5 Å². The Labute approximate surface area is 188 Å². The van der Waals surface area contributed by atoms with Crippen LogP contribution in [0.2, 0.25) is 0 Å². The maximum Gasteiger partial charge on any atom is 0.325 e. The first-order valence-electron chi connectivity index (χ1n) is 11.3. The minimum Gasteiger partial charge on any atom is -0.494 e. The lowest BCUT2D eigenvalue weighted by Gasteiger charge is -2.35. The number of imide groups is 1. The highest BCUT2D eigenvalue weighted by molar-refractivity contribution is 5.96. The van der Waals surface area contributed by atoms with Gasteiger partial charge in [0.2, 0.25) is 5.91 Å². The smallest absolute Gasteiger partial charge is 0.325 e. The van der Waals surface area contributed by atoms with Crippen LogP contribution in [-0.4, -0.2) is 73.9 Å². The number of nitrogens with zero attached hydrogens (tertiary/aromatic N) is 3. The zero-order valence-electron chi connectivity index (χ0n) is 18.8. The Morgan fingerprint density at radius 3 is 2.56 bits per heavy atom. The van der Waals surface area contributed by atoms with Crippen LogP contribution in [-0.2, 0) is 14.3 Å². The van der Waals surface area contributed by atoms with Crippen LogP contribution < -0.4 is 10.1 Å². The van der Waals surface area contributed by atoms with Crippen molar-refractivity contribution in [3.63, 3.8) is 0 Å². The molecule has 0 aromatic heterocycles. The number of hydrogen-bond acceptors (Lipinski definition) is 7. The lowest BCUT2D eigenvalue weighted by atomic mass is 9.83. The fourth-order valence-electron chi connectivity index (χ4n) is 4.36. The van der Waals surface area contributed by atoms with Crippen molar-refractivity contribution in [3.8, 4) is 5.75 Å². The number of amides is 3. The Morgan fingerprint density at radius 2 is 1.91 bits per heavy atom. The number of urea groups is 1. The number of carbonyl (C=O) groups excluding carboxylic acids is 2. The molecule has 1 aromatic rings. The van der Waals surface area contributed by atoms with Gasteiger partial charge in [-0.05, 0) is 55.0 Å². The molecule has 1 unspecified atom stereocenters. The van der Waals surface area contributed by atoms with Gasteiger partial charge in [-0.15, -0.1) is 0 Å².